The summed E-state index contributed by atoms with van der Waals surface area (Å²) in [7, 11) is 0. The molecule has 2 atom stereocenters. The number of phenolic OH excluding ortho intramolecular Hbond substituents is 1. The zero-order valence-electron chi connectivity index (χ0n) is 31.3. The van der Waals surface area contributed by atoms with Gasteiger partial charge in [0, 0.05) is 48.4 Å². The number of aryl methyl sites for hydroxylation is 2. The van der Waals surface area contributed by atoms with E-state index in [1.165, 1.54) is 34.5 Å². The Morgan fingerprint density at radius 2 is 1.30 bits per heavy atom. The number of halogens is 2. The van der Waals surface area contributed by atoms with Crippen LogP contribution in [0.5, 0.6) is 17.2 Å². The van der Waals surface area contributed by atoms with Gasteiger partial charge in [0.15, 0.2) is 0 Å². The number of hydrogen-bond acceptors (Lipinski definition) is 11. The number of ether oxygens (including phenoxy) is 1. The fourth-order valence-electron chi connectivity index (χ4n) is 6.32. The molecule has 0 spiro atoms. The first kappa shape index (κ1) is 49.3. The van der Waals surface area contributed by atoms with E-state index in [9.17, 15) is 19.1 Å². The molecule has 0 bridgehead atoms. The molecule has 278 valence electrons. The number of phenols is 1. The Labute approximate surface area is 442 Å². The molecule has 2 aromatic heterocycles. The number of nitrogens with two attached hydrogens (primary N) is 2. The van der Waals surface area contributed by atoms with E-state index in [2.05, 4.69) is 37.6 Å². The predicted molar refractivity (Wildman–Crippen MR) is 196 cm³/mol. The van der Waals surface area contributed by atoms with Crippen molar-refractivity contribution in [2.75, 3.05) is 10.6 Å². The minimum atomic E-state index is -0.292. The van der Waals surface area contributed by atoms with Gasteiger partial charge in [0.2, 0.25) is 11.8 Å². The first-order valence-corrected chi connectivity index (χ1v) is 16.7. The van der Waals surface area contributed by atoms with Crippen molar-refractivity contribution in [1.82, 2.24) is 9.97 Å². The molecule has 4 aliphatic rings. The normalized spacial score (nSPS) is 17.0. The molecule has 0 unspecified atom stereocenters. The van der Waals surface area contributed by atoms with Gasteiger partial charge < -0.3 is 43.5 Å². The van der Waals surface area contributed by atoms with E-state index in [1.54, 1.807) is 12.3 Å². The van der Waals surface area contributed by atoms with Crippen molar-refractivity contribution >= 4 is 46.9 Å². The monoisotopic (exact) mass is 1050 g/mol. The Balaban J connectivity index is 0.000000406. The summed E-state index contributed by atoms with van der Waals surface area (Å²) in [6.45, 7) is -0.181. The SMILES string of the molecule is Br.N[C@@H]1CCc2ccc(O)cc2C1.N[C@@H]1CCc2ccc(Oc3ccnc4c3CCC(=O)N4)cc2C1.O=C1CCc2c(F)ccnc2N1.O=CO[O-].[Cs+].[Cs+].[H-]. The fourth-order valence-corrected chi connectivity index (χ4v) is 6.32. The van der Waals surface area contributed by atoms with Gasteiger partial charge in [0.05, 0.1) is 0 Å². The van der Waals surface area contributed by atoms with Crippen molar-refractivity contribution in [3.63, 3.8) is 0 Å². The van der Waals surface area contributed by atoms with Crippen molar-refractivity contribution in [1.29, 1.82) is 0 Å². The molecule has 4 heterocycles. The summed E-state index contributed by atoms with van der Waals surface area (Å²) >= 11 is 0. The van der Waals surface area contributed by atoms with Crippen molar-refractivity contribution in [2.24, 2.45) is 11.5 Å². The minimum Gasteiger partial charge on any atom is -1.00 e. The van der Waals surface area contributed by atoms with Gasteiger partial charge in [-0.2, -0.15) is 0 Å². The quantitative estimate of drug-likeness (QED) is 0.0863. The van der Waals surface area contributed by atoms with Crippen molar-refractivity contribution in [2.45, 2.75) is 76.3 Å². The first-order chi connectivity index (χ1) is 24.6. The molecular formula is C37H42BrCs2FN6O7. The molecular weight excluding hydrogens is 1010 g/mol. The molecule has 7 N–H and O–H groups in total. The summed E-state index contributed by atoms with van der Waals surface area (Å²) in [5, 5.41) is 23.0. The zero-order valence-corrected chi connectivity index (χ0v) is 44.6. The number of fused-ring (bicyclic) bond motifs is 4. The third-order valence-electron chi connectivity index (χ3n) is 8.90. The number of aromatic hydroxyl groups is 1. The van der Waals surface area contributed by atoms with Crippen LogP contribution in [0.2, 0.25) is 0 Å². The number of carbonyl (C=O) groups is 3. The number of nitrogens with one attached hydrogen (secondary N) is 2. The van der Waals surface area contributed by atoms with E-state index >= 15 is 0 Å². The molecule has 0 saturated carbocycles. The average molecular weight is 1050 g/mol. The van der Waals surface area contributed by atoms with Crippen LogP contribution in [-0.2, 0) is 57.8 Å². The number of amides is 2. The Hall–Kier alpha value is -0.856. The van der Waals surface area contributed by atoms with Crippen molar-refractivity contribution in [3.8, 4) is 17.2 Å². The van der Waals surface area contributed by atoms with Crippen molar-refractivity contribution < 1.29 is 178 Å². The van der Waals surface area contributed by atoms with E-state index in [4.69, 9.17) is 26.3 Å². The molecule has 13 nitrogen and oxygen atoms in total. The smallest absolute Gasteiger partial charge is 1.00 e. The second-order valence-electron chi connectivity index (χ2n) is 12.5. The molecule has 0 radical (unpaired) electrons. The van der Waals surface area contributed by atoms with Gasteiger partial charge in [-0.05, 0) is 110 Å². The molecule has 2 amide bonds. The van der Waals surface area contributed by atoms with E-state index in [0.717, 1.165) is 55.6 Å². The van der Waals surface area contributed by atoms with Gasteiger partial charge in [-0.3, -0.25) is 14.4 Å². The molecule has 4 aromatic rings. The maximum atomic E-state index is 13.0. The van der Waals surface area contributed by atoms with Crippen LogP contribution in [0.15, 0.2) is 60.9 Å². The van der Waals surface area contributed by atoms with Gasteiger partial charge in [0.1, 0.15) is 34.7 Å². The number of anilines is 2. The maximum absolute atomic E-state index is 13.0. The summed E-state index contributed by atoms with van der Waals surface area (Å²) in [6, 6.07) is 15.5. The van der Waals surface area contributed by atoms with Gasteiger partial charge in [-0.1, -0.05) is 12.1 Å². The van der Waals surface area contributed by atoms with Crippen LogP contribution in [0.1, 0.15) is 60.5 Å². The zero-order chi connectivity index (χ0) is 36.3. The third kappa shape index (κ3) is 14.5. The summed E-state index contributed by atoms with van der Waals surface area (Å²) in [5.41, 5.74) is 18.6. The molecule has 2 aliphatic carbocycles. The molecule has 8 rings (SSSR count). The Morgan fingerprint density at radius 1 is 0.778 bits per heavy atom. The van der Waals surface area contributed by atoms with E-state index < -0.39 is 0 Å². The minimum absolute atomic E-state index is 0. The number of rotatable bonds is 3. The van der Waals surface area contributed by atoms with Crippen LogP contribution in [0.3, 0.4) is 0 Å². The van der Waals surface area contributed by atoms with Crippen LogP contribution in [-0.4, -0.2) is 45.4 Å². The molecule has 2 aromatic carbocycles. The van der Waals surface area contributed by atoms with Crippen LogP contribution >= 0.6 is 17.0 Å². The van der Waals surface area contributed by atoms with Crippen LogP contribution < -0.4 is 170 Å². The fraction of sp³-hybridized carbons (Fsp3) is 0.324. The molecule has 17 heteroatoms. The predicted octanol–water partition coefficient (Wildman–Crippen LogP) is -1.98. The summed E-state index contributed by atoms with van der Waals surface area (Å²) in [4.78, 5) is 41.7. The molecule has 2 aliphatic heterocycles. The summed E-state index contributed by atoms with van der Waals surface area (Å²) in [5.74, 6) is 2.51. The molecule has 0 saturated heterocycles. The average Bonchev–Trinajstić information content (AvgIpc) is 3.12. The van der Waals surface area contributed by atoms with E-state index in [1.807, 2.05) is 24.3 Å². The number of nitrogens with zero attached hydrogens (tertiary/aromatic N) is 2. The van der Waals surface area contributed by atoms with Gasteiger partial charge >= 0.3 is 138 Å². The summed E-state index contributed by atoms with van der Waals surface area (Å²) < 4.78 is 19.1. The Kier molecular flexibility index (Phi) is 22.6. The summed E-state index contributed by atoms with van der Waals surface area (Å²) in [6.07, 6.45) is 10.9. The van der Waals surface area contributed by atoms with Gasteiger partial charge in [-0.15, -0.1) is 17.0 Å². The van der Waals surface area contributed by atoms with Crippen molar-refractivity contribution in [3.05, 3.63) is 100 Å². The second-order valence-corrected chi connectivity index (χ2v) is 12.5. The van der Waals surface area contributed by atoms with Gasteiger partial charge in [-0.25, -0.2) is 14.4 Å². The maximum Gasteiger partial charge on any atom is 1.00 e. The van der Waals surface area contributed by atoms with E-state index in [0.29, 0.717) is 48.6 Å². The van der Waals surface area contributed by atoms with E-state index in [-0.39, 0.29) is 192 Å². The van der Waals surface area contributed by atoms with Crippen LogP contribution in [0, 0.1) is 5.82 Å². The number of aromatic nitrogens is 2. The topological polar surface area (TPSA) is 215 Å². The first-order valence-electron chi connectivity index (χ1n) is 16.7. The third-order valence-corrected chi connectivity index (χ3v) is 8.90. The number of hydrogen-bond donors (Lipinski definition) is 5. The standard InChI is InChI=1S/C18H19N3O2.C10H13NO.C8H7FN2O.CH2O3.BrH.2Cs.H/c19-13-3-1-11-2-4-14(10-12(11)9-13)23-16-7-8-20-18-15(16)5-6-17(22)21-18;11-9-3-1-7-2-4-10(12)6-8(7)5-9;9-6-3-4-10-8-5(6)1-2-7(12)11-8;2-1-4-3;;;;/h2,4,7-8,10,13H,1,3,5-6,9,19H2,(H,20,21,22);2,4,6,9,12H,1,3,5,11H2;3-4H,1-2H2,(H,10,11,12);1,3H;1H;;;/q;;;;;2*+1;-1/p-1/t13-;9-;;;;;;/m11....../s1. The molecule has 54 heavy (non-hydrogen) atoms. The number of pyridine rings is 2. The van der Waals surface area contributed by atoms with Gasteiger partial charge in [0.25, 0.3) is 6.47 Å². The molecule has 0 fully saturated rings. The number of benzene rings is 2. The van der Waals surface area contributed by atoms with Crippen LogP contribution in [0.25, 0.3) is 0 Å². The number of carbonyl (C=O) groups excluding carboxylic acids is 3. The largest absolute Gasteiger partial charge is 1.00 e. The van der Waals surface area contributed by atoms with Crippen LogP contribution in [0.4, 0.5) is 16.0 Å². The Bertz CT molecular complexity index is 1900. The second kappa shape index (κ2) is 24.8. The Morgan fingerprint density at radius 3 is 1.89 bits per heavy atom.